The van der Waals surface area contributed by atoms with Gasteiger partial charge in [0, 0.05) is 30.4 Å². The fourth-order valence-electron chi connectivity index (χ4n) is 2.19. The van der Waals surface area contributed by atoms with E-state index in [1.54, 1.807) is 18.3 Å². The Kier molecular flexibility index (Phi) is 4.61. The van der Waals surface area contributed by atoms with Crippen molar-refractivity contribution < 1.29 is 9.90 Å². The number of carboxylic acids is 1. The second-order valence-corrected chi connectivity index (χ2v) is 6.50. The molecule has 2 rings (SSSR count). The van der Waals surface area contributed by atoms with E-state index in [-0.39, 0.29) is 11.0 Å². The Balaban J connectivity index is 2.06. The first-order valence-electron chi connectivity index (χ1n) is 7.18. The maximum absolute atomic E-state index is 11.2. The molecule has 0 unspecified atom stereocenters. The van der Waals surface area contributed by atoms with Crippen LogP contribution in [-0.4, -0.2) is 38.2 Å². The van der Waals surface area contributed by atoms with Crippen LogP contribution in [0.25, 0.3) is 0 Å². The number of aromatic amines is 1. The van der Waals surface area contributed by atoms with E-state index in [4.69, 9.17) is 0 Å². The predicted molar refractivity (Wildman–Crippen MR) is 83.7 cm³/mol. The quantitative estimate of drug-likeness (QED) is 0.886. The third-order valence-electron chi connectivity index (χ3n) is 3.38. The fourth-order valence-corrected chi connectivity index (χ4v) is 2.19. The van der Waals surface area contributed by atoms with Crippen molar-refractivity contribution in [1.82, 2.24) is 20.1 Å². The van der Waals surface area contributed by atoms with E-state index < -0.39 is 5.97 Å². The van der Waals surface area contributed by atoms with Crippen molar-refractivity contribution in [3.05, 3.63) is 47.0 Å². The van der Waals surface area contributed by atoms with Crippen LogP contribution in [0.2, 0.25) is 0 Å². The molecule has 2 heterocycles. The van der Waals surface area contributed by atoms with Gasteiger partial charge >= 0.3 is 5.97 Å². The summed E-state index contributed by atoms with van der Waals surface area (Å²) in [6.45, 7) is 7.46. The van der Waals surface area contributed by atoms with Crippen molar-refractivity contribution >= 4 is 5.97 Å². The van der Waals surface area contributed by atoms with E-state index >= 15 is 0 Å². The SMILES string of the molecule is CN(Cc1cc(C(C)(C)C)n[nH]1)Cc1ncccc1C(=O)O. The van der Waals surface area contributed by atoms with Crippen LogP contribution in [0.4, 0.5) is 0 Å². The maximum Gasteiger partial charge on any atom is 0.337 e. The van der Waals surface area contributed by atoms with E-state index in [0.29, 0.717) is 18.8 Å². The average molecular weight is 302 g/mol. The molecule has 0 amide bonds. The van der Waals surface area contributed by atoms with Crippen molar-refractivity contribution in [2.24, 2.45) is 0 Å². The monoisotopic (exact) mass is 302 g/mol. The van der Waals surface area contributed by atoms with Gasteiger partial charge in [0.15, 0.2) is 0 Å². The molecule has 0 spiro atoms. The van der Waals surface area contributed by atoms with E-state index in [9.17, 15) is 9.90 Å². The Labute approximate surface area is 130 Å². The molecule has 2 aromatic rings. The van der Waals surface area contributed by atoms with Crippen LogP contribution in [0.5, 0.6) is 0 Å². The van der Waals surface area contributed by atoms with Crippen molar-refractivity contribution in [1.29, 1.82) is 0 Å². The zero-order valence-corrected chi connectivity index (χ0v) is 13.4. The van der Waals surface area contributed by atoms with Gasteiger partial charge in [0.1, 0.15) is 0 Å². The number of H-pyrrole nitrogens is 1. The Bertz CT molecular complexity index is 658. The van der Waals surface area contributed by atoms with Crippen LogP contribution >= 0.6 is 0 Å². The summed E-state index contributed by atoms with van der Waals surface area (Å²) in [5.41, 5.74) is 2.83. The number of aromatic carboxylic acids is 1. The Hall–Kier alpha value is -2.21. The van der Waals surface area contributed by atoms with Gasteiger partial charge in [-0.2, -0.15) is 5.10 Å². The second kappa shape index (κ2) is 6.27. The zero-order valence-electron chi connectivity index (χ0n) is 13.4. The third-order valence-corrected chi connectivity index (χ3v) is 3.38. The molecule has 6 heteroatoms. The minimum absolute atomic E-state index is 0.00475. The topological polar surface area (TPSA) is 82.1 Å². The molecule has 0 aliphatic rings. The zero-order chi connectivity index (χ0) is 16.3. The van der Waals surface area contributed by atoms with Crippen LogP contribution in [0.1, 0.15) is 48.2 Å². The summed E-state index contributed by atoms with van der Waals surface area (Å²) >= 11 is 0. The maximum atomic E-state index is 11.2. The van der Waals surface area contributed by atoms with Crippen molar-refractivity contribution in [3.63, 3.8) is 0 Å². The number of hydrogen-bond donors (Lipinski definition) is 2. The van der Waals surface area contributed by atoms with Gasteiger partial charge in [-0.15, -0.1) is 0 Å². The summed E-state index contributed by atoms with van der Waals surface area (Å²) < 4.78 is 0. The fraction of sp³-hybridized carbons (Fsp3) is 0.438. The molecule has 0 aliphatic carbocycles. The molecule has 118 valence electrons. The normalized spacial score (nSPS) is 11.9. The van der Waals surface area contributed by atoms with Crippen molar-refractivity contribution in [2.75, 3.05) is 7.05 Å². The molecule has 0 saturated carbocycles. The third kappa shape index (κ3) is 3.92. The van der Waals surface area contributed by atoms with Crippen LogP contribution in [0, 0.1) is 0 Å². The highest BCUT2D eigenvalue weighted by molar-refractivity contribution is 5.88. The number of nitrogens with one attached hydrogen (secondary N) is 1. The highest BCUT2D eigenvalue weighted by Crippen LogP contribution is 2.20. The van der Waals surface area contributed by atoms with Gasteiger partial charge in [-0.1, -0.05) is 20.8 Å². The smallest absolute Gasteiger partial charge is 0.337 e. The minimum Gasteiger partial charge on any atom is -0.478 e. The predicted octanol–water partition coefficient (Wildman–Crippen LogP) is 2.43. The molecule has 2 N–H and O–H groups in total. The van der Waals surface area contributed by atoms with E-state index in [2.05, 4.69) is 36.0 Å². The van der Waals surface area contributed by atoms with Gasteiger partial charge in [-0.3, -0.25) is 15.0 Å². The van der Waals surface area contributed by atoms with Gasteiger partial charge in [0.05, 0.1) is 17.0 Å². The first-order valence-corrected chi connectivity index (χ1v) is 7.18. The van der Waals surface area contributed by atoms with Crippen LogP contribution in [0.15, 0.2) is 24.4 Å². The van der Waals surface area contributed by atoms with Gasteiger partial charge in [-0.05, 0) is 25.2 Å². The van der Waals surface area contributed by atoms with E-state index in [1.807, 2.05) is 18.0 Å². The highest BCUT2D eigenvalue weighted by Gasteiger charge is 2.18. The van der Waals surface area contributed by atoms with Crippen LogP contribution in [-0.2, 0) is 18.5 Å². The summed E-state index contributed by atoms with van der Waals surface area (Å²) in [4.78, 5) is 17.4. The van der Waals surface area contributed by atoms with Gasteiger partial charge in [0.25, 0.3) is 0 Å². The number of carboxylic acid groups (broad SMARTS) is 1. The molecule has 0 bridgehead atoms. The molecule has 0 atom stereocenters. The molecule has 0 aromatic carbocycles. The Morgan fingerprint density at radius 3 is 2.68 bits per heavy atom. The molecule has 0 fully saturated rings. The minimum atomic E-state index is -0.951. The molecular weight excluding hydrogens is 280 g/mol. The summed E-state index contributed by atoms with van der Waals surface area (Å²) in [5, 5.41) is 16.6. The lowest BCUT2D eigenvalue weighted by atomic mass is 9.92. The Morgan fingerprint density at radius 1 is 1.36 bits per heavy atom. The molecule has 0 aliphatic heterocycles. The lowest BCUT2D eigenvalue weighted by Gasteiger charge is -2.16. The molecule has 0 radical (unpaired) electrons. The molecular formula is C16H22N4O2. The van der Waals surface area contributed by atoms with Gasteiger partial charge in [0.2, 0.25) is 0 Å². The van der Waals surface area contributed by atoms with Gasteiger partial charge in [-0.25, -0.2) is 4.79 Å². The summed E-state index contributed by atoms with van der Waals surface area (Å²) in [6, 6.07) is 5.26. The van der Waals surface area contributed by atoms with Crippen molar-refractivity contribution in [2.45, 2.75) is 39.3 Å². The van der Waals surface area contributed by atoms with Crippen LogP contribution in [0.3, 0.4) is 0 Å². The second-order valence-electron chi connectivity index (χ2n) is 6.50. The van der Waals surface area contributed by atoms with Crippen LogP contribution < -0.4 is 0 Å². The number of carbonyl (C=O) groups is 1. The van der Waals surface area contributed by atoms with E-state index in [1.165, 1.54) is 0 Å². The first kappa shape index (κ1) is 16.2. The van der Waals surface area contributed by atoms with E-state index in [0.717, 1.165) is 11.4 Å². The molecule has 22 heavy (non-hydrogen) atoms. The summed E-state index contributed by atoms with van der Waals surface area (Å²) in [7, 11) is 1.93. The standard InChI is InChI=1S/C16H22N4O2/c1-16(2,3)14-8-11(18-19-14)9-20(4)10-13-12(15(21)22)6-5-7-17-13/h5-8H,9-10H2,1-4H3,(H,18,19)(H,21,22). The number of nitrogens with zero attached hydrogens (tertiary/aromatic N) is 3. The summed E-state index contributed by atoms with van der Waals surface area (Å²) in [6.07, 6.45) is 1.61. The largest absolute Gasteiger partial charge is 0.478 e. The number of pyridine rings is 1. The number of hydrogen-bond acceptors (Lipinski definition) is 4. The first-order chi connectivity index (χ1) is 10.3. The highest BCUT2D eigenvalue weighted by atomic mass is 16.4. The molecule has 6 nitrogen and oxygen atoms in total. The number of rotatable bonds is 5. The molecule has 0 saturated heterocycles. The summed E-state index contributed by atoms with van der Waals surface area (Å²) in [5.74, 6) is -0.951. The lowest BCUT2D eigenvalue weighted by molar-refractivity contribution is 0.0694. The average Bonchev–Trinajstić information content (AvgIpc) is 2.87. The lowest BCUT2D eigenvalue weighted by Crippen LogP contribution is -2.20. The van der Waals surface area contributed by atoms with Crippen molar-refractivity contribution in [3.8, 4) is 0 Å². The Morgan fingerprint density at radius 2 is 2.09 bits per heavy atom. The number of aromatic nitrogens is 3. The molecule has 2 aromatic heterocycles. The van der Waals surface area contributed by atoms with Gasteiger partial charge < -0.3 is 5.11 Å².